The van der Waals surface area contributed by atoms with Crippen LogP contribution in [0.3, 0.4) is 0 Å². The van der Waals surface area contributed by atoms with E-state index in [9.17, 15) is 9.59 Å². The highest BCUT2D eigenvalue weighted by molar-refractivity contribution is 6.13. The molecule has 2 spiro atoms. The lowest BCUT2D eigenvalue weighted by Crippen LogP contribution is -2.54. The van der Waals surface area contributed by atoms with Gasteiger partial charge in [0.25, 0.3) is 0 Å². The molecule has 6 aliphatic carbocycles. The molecule has 7 aliphatic rings. The molecule has 4 heteroatoms. The van der Waals surface area contributed by atoms with Gasteiger partial charge in [0, 0.05) is 17.5 Å². The molecule has 0 N–H and O–H groups in total. The maximum atomic E-state index is 13.5. The van der Waals surface area contributed by atoms with Gasteiger partial charge in [-0.2, -0.15) is 0 Å². The lowest BCUT2D eigenvalue weighted by Gasteiger charge is -2.62. The maximum absolute atomic E-state index is 13.5. The monoisotopic (exact) mass is 756 g/mol. The summed E-state index contributed by atoms with van der Waals surface area (Å²) in [5.41, 5.74) is 5.81. The average Bonchev–Trinajstić information content (AvgIpc) is 4.05. The van der Waals surface area contributed by atoms with Crippen LogP contribution in [-0.2, 0) is 14.3 Å². The van der Waals surface area contributed by atoms with Crippen LogP contribution in [0.5, 0.6) is 0 Å². The predicted molar refractivity (Wildman–Crippen MR) is 226 cm³/mol. The Kier molecular flexibility index (Phi) is 9.48. The molecule has 2 aromatic carbocycles. The fourth-order valence-electron chi connectivity index (χ4n) is 16.2. The van der Waals surface area contributed by atoms with Crippen molar-refractivity contribution in [3.63, 3.8) is 0 Å². The Bertz CT molecular complexity index is 1830. The molecule has 4 nitrogen and oxygen atoms in total. The van der Waals surface area contributed by atoms with Crippen molar-refractivity contribution >= 4 is 18.0 Å². The summed E-state index contributed by atoms with van der Waals surface area (Å²) in [6.45, 7) is 15.9. The molecule has 2 unspecified atom stereocenters. The van der Waals surface area contributed by atoms with E-state index in [2.05, 4.69) is 96.1 Å². The zero-order valence-electron chi connectivity index (χ0n) is 35.5. The Hall–Kier alpha value is -3.01. The highest BCUT2D eigenvalue weighted by atomic mass is 16.5. The lowest BCUT2D eigenvalue weighted by atomic mass is 9.43. The summed E-state index contributed by atoms with van der Waals surface area (Å²) < 4.78 is 5.79. The van der Waals surface area contributed by atoms with Crippen LogP contribution in [-0.4, -0.2) is 30.6 Å². The molecular formula is C52H69NO3. The first-order valence-corrected chi connectivity index (χ1v) is 22.7. The van der Waals surface area contributed by atoms with Gasteiger partial charge >= 0.3 is 5.97 Å². The first-order valence-electron chi connectivity index (χ1n) is 22.7. The normalized spacial score (nSPS) is 40.7. The third kappa shape index (κ3) is 6.32. The number of rotatable bonds is 9. The SMILES string of the molecule is CC1(C)CC(C[C@@H]2CC23CC[C@H]2C(C)(C)CCC[C@]2(C)[C@H]3CC=O)C[C@@]2(C)[C@H]1CCC1(CC1)[C@@H]2C/C=C1/C(=O)OC[C@H]1N=C(c1ccccc1)c1ccccc1. The largest absolute Gasteiger partial charge is 0.460 e. The first kappa shape index (κ1) is 38.5. The summed E-state index contributed by atoms with van der Waals surface area (Å²) in [6.07, 6.45) is 22.7. The number of hydrogen-bond donors (Lipinski definition) is 0. The van der Waals surface area contributed by atoms with Gasteiger partial charge in [0.1, 0.15) is 18.9 Å². The lowest BCUT2D eigenvalue weighted by molar-refractivity contribution is -0.135. The minimum absolute atomic E-state index is 0.183. The van der Waals surface area contributed by atoms with E-state index >= 15 is 0 Å². The third-order valence-electron chi connectivity index (χ3n) is 18.5. The molecule has 2 aromatic rings. The zero-order chi connectivity index (χ0) is 39.1. The summed E-state index contributed by atoms with van der Waals surface area (Å²) in [7, 11) is 0. The van der Waals surface area contributed by atoms with Gasteiger partial charge in [0.2, 0.25) is 0 Å². The van der Waals surface area contributed by atoms with Gasteiger partial charge in [-0.3, -0.25) is 4.99 Å². The third-order valence-corrected chi connectivity index (χ3v) is 18.5. The van der Waals surface area contributed by atoms with Crippen molar-refractivity contribution in [3.05, 3.63) is 83.4 Å². The van der Waals surface area contributed by atoms with E-state index in [4.69, 9.17) is 9.73 Å². The number of esters is 1. The molecule has 0 bridgehead atoms. The minimum atomic E-state index is -0.298. The summed E-state index contributed by atoms with van der Waals surface area (Å²) in [5, 5.41) is 0. The van der Waals surface area contributed by atoms with Crippen molar-refractivity contribution in [2.75, 3.05) is 6.61 Å². The second-order valence-electron chi connectivity index (χ2n) is 22.3. The molecule has 10 atom stereocenters. The molecule has 6 saturated carbocycles. The molecule has 1 aliphatic heterocycles. The molecule has 0 aromatic heterocycles. The first-order chi connectivity index (χ1) is 26.7. The number of aliphatic imine (C=N–C) groups is 1. The number of nitrogens with zero attached hydrogens (tertiary/aromatic N) is 1. The van der Waals surface area contributed by atoms with Crippen molar-refractivity contribution in [2.45, 2.75) is 144 Å². The van der Waals surface area contributed by atoms with E-state index in [1.54, 1.807) is 0 Å². The molecular weight excluding hydrogens is 687 g/mol. The minimum Gasteiger partial charge on any atom is -0.460 e. The van der Waals surface area contributed by atoms with Crippen molar-refractivity contribution < 1.29 is 14.3 Å². The number of carbonyl (C=O) groups is 2. The Morgan fingerprint density at radius 1 is 0.732 bits per heavy atom. The fraction of sp³-hybridized carbons (Fsp3) is 0.673. The van der Waals surface area contributed by atoms with Crippen LogP contribution in [0.2, 0.25) is 0 Å². The van der Waals surface area contributed by atoms with Gasteiger partial charge in [0.15, 0.2) is 0 Å². The highest BCUT2D eigenvalue weighted by Gasteiger charge is 2.69. The van der Waals surface area contributed by atoms with Crippen molar-refractivity contribution in [3.8, 4) is 0 Å². The quantitative estimate of drug-likeness (QED) is 0.111. The number of hydrogen-bond acceptors (Lipinski definition) is 4. The Balaban J connectivity index is 0.983. The smallest absolute Gasteiger partial charge is 0.336 e. The Morgan fingerprint density at radius 2 is 1.39 bits per heavy atom. The van der Waals surface area contributed by atoms with Crippen LogP contribution < -0.4 is 0 Å². The molecule has 1 saturated heterocycles. The second-order valence-corrected chi connectivity index (χ2v) is 22.3. The number of ether oxygens (including phenoxy) is 1. The van der Waals surface area contributed by atoms with Crippen LogP contribution >= 0.6 is 0 Å². The number of cyclic esters (lactones) is 1. The van der Waals surface area contributed by atoms with E-state index in [1.165, 1.54) is 89.8 Å². The van der Waals surface area contributed by atoms with Crippen LogP contribution in [0.1, 0.15) is 149 Å². The number of benzene rings is 2. The summed E-state index contributed by atoms with van der Waals surface area (Å²) in [6, 6.07) is 20.5. The van der Waals surface area contributed by atoms with Crippen LogP contribution in [0.15, 0.2) is 77.3 Å². The summed E-state index contributed by atoms with van der Waals surface area (Å²) in [5.74, 6) is 3.86. The maximum Gasteiger partial charge on any atom is 0.336 e. The molecule has 7 fully saturated rings. The highest BCUT2D eigenvalue weighted by Crippen LogP contribution is 2.77. The van der Waals surface area contributed by atoms with Crippen LogP contribution in [0.25, 0.3) is 0 Å². The van der Waals surface area contributed by atoms with Crippen molar-refractivity contribution in [1.29, 1.82) is 0 Å². The second kappa shape index (κ2) is 13.8. The van der Waals surface area contributed by atoms with Crippen molar-refractivity contribution in [1.82, 2.24) is 0 Å². The van der Waals surface area contributed by atoms with E-state index in [-0.39, 0.29) is 17.4 Å². The van der Waals surface area contributed by atoms with Gasteiger partial charge in [0.05, 0.1) is 11.3 Å². The predicted octanol–water partition coefficient (Wildman–Crippen LogP) is 12.2. The van der Waals surface area contributed by atoms with Gasteiger partial charge in [-0.25, -0.2) is 4.79 Å². The molecule has 0 amide bonds. The van der Waals surface area contributed by atoms with E-state index in [0.29, 0.717) is 51.4 Å². The number of allylic oxidation sites excluding steroid dienone is 1. The molecule has 1 heterocycles. The van der Waals surface area contributed by atoms with Gasteiger partial charge in [-0.1, -0.05) is 115 Å². The summed E-state index contributed by atoms with van der Waals surface area (Å²) >= 11 is 0. The van der Waals surface area contributed by atoms with Crippen molar-refractivity contribution in [2.24, 2.45) is 73.0 Å². The van der Waals surface area contributed by atoms with E-state index in [1.807, 2.05) is 12.1 Å². The molecule has 9 rings (SSSR count). The molecule has 0 radical (unpaired) electrons. The van der Waals surface area contributed by atoms with E-state index < -0.39 is 0 Å². The van der Waals surface area contributed by atoms with Gasteiger partial charge < -0.3 is 9.53 Å². The fourth-order valence-corrected chi connectivity index (χ4v) is 16.2. The number of fused-ring (bicyclic) bond motifs is 2. The number of carbonyl (C=O) groups excluding carboxylic acids is 2. The van der Waals surface area contributed by atoms with Gasteiger partial charge in [-0.15, -0.1) is 0 Å². The molecule has 300 valence electrons. The molecule has 56 heavy (non-hydrogen) atoms. The Labute approximate surface area is 338 Å². The summed E-state index contributed by atoms with van der Waals surface area (Å²) in [4.78, 5) is 31.2. The van der Waals surface area contributed by atoms with Crippen LogP contribution in [0, 0.1) is 68.0 Å². The Morgan fingerprint density at radius 3 is 2.05 bits per heavy atom. The van der Waals surface area contributed by atoms with E-state index in [0.717, 1.165) is 53.0 Å². The average molecular weight is 756 g/mol. The van der Waals surface area contributed by atoms with Gasteiger partial charge in [-0.05, 0) is 151 Å². The topological polar surface area (TPSA) is 55.7 Å². The van der Waals surface area contributed by atoms with Crippen LogP contribution in [0.4, 0.5) is 0 Å². The zero-order valence-corrected chi connectivity index (χ0v) is 35.5. The number of aldehydes is 1. The standard InChI is InChI=1S/C52H69NO3/c1-47(2)23-13-24-49(5)41(47)21-26-52(44(49)22-29-54)33-38(52)30-35-31-48(3,4)42-20-25-51(27-28-51)43(50(42,6)32-35)19-18-39-40(34-56-46(39)55)53-45(36-14-9-7-10-15-36)37-16-11-8-12-17-37/h7-12,14-18,29,35,38,40-44H,13,19-28,30-34H2,1-6H3/b39-18+/t35?,38-,40-,41+,42+,43-,44-,49+,50+,52?/m1/s1.